The van der Waals surface area contributed by atoms with Gasteiger partial charge in [0.2, 0.25) is 0 Å². The Morgan fingerprint density at radius 2 is 2.06 bits per heavy atom. The van der Waals surface area contributed by atoms with Crippen LogP contribution in [0.3, 0.4) is 0 Å². The lowest BCUT2D eigenvalue weighted by atomic mass is 10.2. The Labute approximate surface area is 198 Å². The minimum atomic E-state index is -1.92. The first-order valence-electron chi connectivity index (χ1n) is 11.0. The van der Waals surface area contributed by atoms with Gasteiger partial charge in [0, 0.05) is 12.3 Å². The number of amides is 1. The molecule has 0 N–H and O–H groups in total. The summed E-state index contributed by atoms with van der Waals surface area (Å²) in [7, 11) is -1.92. The molecule has 1 aliphatic heterocycles. The molecule has 182 valence electrons. The maximum Gasteiger partial charge on any atom is 0.414 e. The van der Waals surface area contributed by atoms with Gasteiger partial charge in [-0.25, -0.2) is 14.2 Å². The fourth-order valence-electron chi connectivity index (χ4n) is 3.19. The lowest BCUT2D eigenvalue weighted by Crippen LogP contribution is -2.40. The molecule has 0 radical (unpaired) electrons. The normalized spacial score (nSPS) is 16.7. The van der Waals surface area contributed by atoms with E-state index in [0.717, 1.165) is 5.69 Å². The van der Waals surface area contributed by atoms with E-state index in [0.29, 0.717) is 23.9 Å². The molecule has 1 unspecified atom stereocenters. The predicted molar refractivity (Wildman–Crippen MR) is 125 cm³/mol. The van der Waals surface area contributed by atoms with E-state index < -0.39 is 26.3 Å². The summed E-state index contributed by atoms with van der Waals surface area (Å²) in [5.41, 5.74) is 1.46. The summed E-state index contributed by atoms with van der Waals surface area (Å²) in [6.07, 6.45) is 3.63. The number of cyclic esters (lactones) is 1. The smallest absolute Gasteiger partial charge is 0.414 e. The number of carbonyl (C=O) groups excluding carboxylic acids is 1. The average Bonchev–Trinajstić information content (AvgIpc) is 3.51. The van der Waals surface area contributed by atoms with E-state index in [4.69, 9.17) is 18.4 Å². The van der Waals surface area contributed by atoms with E-state index in [1.54, 1.807) is 35.3 Å². The van der Waals surface area contributed by atoms with Crippen molar-refractivity contribution in [1.82, 2.24) is 14.7 Å². The number of rotatable bonds is 8. The van der Waals surface area contributed by atoms with E-state index in [-0.39, 0.29) is 18.2 Å². The SMILES string of the molecule is CC(C)(C)[Si](C)(C)OCc1cn(-c2ccc(N3CC(COc4ccon4)OC3=O)cc2F)cn1. The fraction of sp³-hybridized carbons (Fsp3) is 0.435. The Bertz CT molecular complexity index is 1140. The van der Waals surface area contributed by atoms with E-state index in [1.165, 1.54) is 17.2 Å². The van der Waals surface area contributed by atoms with Crippen LogP contribution in [0.5, 0.6) is 5.88 Å². The summed E-state index contributed by atoms with van der Waals surface area (Å²) < 4.78 is 38.2. The zero-order valence-electron chi connectivity index (χ0n) is 19.9. The van der Waals surface area contributed by atoms with Gasteiger partial charge in [-0.15, -0.1) is 0 Å². The summed E-state index contributed by atoms with van der Waals surface area (Å²) >= 11 is 0. The van der Waals surface area contributed by atoms with Crippen molar-refractivity contribution < 1.29 is 27.6 Å². The Hall–Kier alpha value is -3.18. The summed E-state index contributed by atoms with van der Waals surface area (Å²) in [6, 6.07) is 6.15. The molecule has 34 heavy (non-hydrogen) atoms. The molecule has 3 aromatic rings. The van der Waals surface area contributed by atoms with Gasteiger partial charge in [0.05, 0.1) is 36.5 Å². The van der Waals surface area contributed by atoms with Crippen LogP contribution in [0.1, 0.15) is 26.5 Å². The lowest BCUT2D eigenvalue weighted by Gasteiger charge is -2.35. The molecule has 1 aromatic carbocycles. The zero-order valence-corrected chi connectivity index (χ0v) is 20.9. The highest BCUT2D eigenvalue weighted by Gasteiger charge is 2.37. The Morgan fingerprint density at radius 3 is 2.74 bits per heavy atom. The number of benzene rings is 1. The van der Waals surface area contributed by atoms with Crippen molar-refractivity contribution in [1.29, 1.82) is 0 Å². The third kappa shape index (κ3) is 5.15. The Kier molecular flexibility index (Phi) is 6.50. The van der Waals surface area contributed by atoms with E-state index in [1.807, 2.05) is 0 Å². The van der Waals surface area contributed by atoms with Crippen LogP contribution in [-0.2, 0) is 15.8 Å². The number of hydrogen-bond donors (Lipinski definition) is 0. The minimum Gasteiger partial charge on any atom is -0.471 e. The zero-order chi connectivity index (χ0) is 24.5. The maximum absolute atomic E-state index is 15.0. The molecule has 1 fully saturated rings. The van der Waals surface area contributed by atoms with Gasteiger partial charge < -0.3 is 23.0 Å². The van der Waals surface area contributed by atoms with Crippen molar-refractivity contribution in [3.05, 3.63) is 54.6 Å². The van der Waals surface area contributed by atoms with Crippen LogP contribution < -0.4 is 9.64 Å². The summed E-state index contributed by atoms with van der Waals surface area (Å²) in [6.45, 7) is 11.6. The summed E-state index contributed by atoms with van der Waals surface area (Å²) in [4.78, 5) is 18.0. The topological polar surface area (TPSA) is 91.9 Å². The van der Waals surface area contributed by atoms with Gasteiger partial charge in [-0.2, -0.15) is 0 Å². The molecular weight excluding hydrogens is 459 g/mol. The van der Waals surface area contributed by atoms with E-state index in [9.17, 15) is 9.18 Å². The van der Waals surface area contributed by atoms with E-state index >= 15 is 0 Å². The highest BCUT2D eigenvalue weighted by atomic mass is 28.4. The number of ether oxygens (including phenoxy) is 2. The highest BCUT2D eigenvalue weighted by Crippen LogP contribution is 2.37. The van der Waals surface area contributed by atoms with Gasteiger partial charge in [0.1, 0.15) is 18.7 Å². The van der Waals surface area contributed by atoms with Crippen LogP contribution in [0, 0.1) is 5.82 Å². The molecule has 9 nitrogen and oxygen atoms in total. The average molecular weight is 489 g/mol. The number of nitrogens with zero attached hydrogens (tertiary/aromatic N) is 4. The predicted octanol–water partition coefficient (Wildman–Crippen LogP) is 4.93. The molecule has 0 bridgehead atoms. The first kappa shape index (κ1) is 24.0. The maximum atomic E-state index is 15.0. The van der Waals surface area contributed by atoms with E-state index in [2.05, 4.69) is 44.0 Å². The summed E-state index contributed by atoms with van der Waals surface area (Å²) in [5.74, 6) is -0.179. The minimum absolute atomic E-state index is 0.0928. The number of aromatic nitrogens is 3. The molecule has 0 spiro atoms. The molecule has 0 aliphatic carbocycles. The number of imidazole rings is 1. The van der Waals surface area contributed by atoms with Gasteiger partial charge >= 0.3 is 6.09 Å². The van der Waals surface area contributed by atoms with Crippen LogP contribution in [0.25, 0.3) is 5.69 Å². The first-order valence-corrected chi connectivity index (χ1v) is 13.9. The van der Waals surface area contributed by atoms with Crippen LogP contribution >= 0.6 is 0 Å². The van der Waals surface area contributed by atoms with Crippen molar-refractivity contribution in [2.24, 2.45) is 0 Å². The fourth-order valence-corrected chi connectivity index (χ4v) is 4.13. The second kappa shape index (κ2) is 9.22. The molecule has 3 heterocycles. The number of anilines is 1. The van der Waals surface area contributed by atoms with Crippen LogP contribution in [0.15, 0.2) is 47.6 Å². The monoisotopic (exact) mass is 488 g/mol. The Morgan fingerprint density at radius 1 is 1.26 bits per heavy atom. The standard InChI is InChI=1S/C23H29FN4O5Si/c1-23(2,3)34(4,5)32-13-16-11-27(15-25-16)20-7-6-17(10-19(20)24)28-12-18(33-22(28)29)14-30-21-8-9-31-26-21/h6-11,15,18H,12-14H2,1-5H3. The highest BCUT2D eigenvalue weighted by molar-refractivity contribution is 6.74. The largest absolute Gasteiger partial charge is 0.471 e. The second-order valence-corrected chi connectivity index (χ2v) is 14.5. The van der Waals surface area contributed by atoms with Crippen molar-refractivity contribution in [2.75, 3.05) is 18.1 Å². The van der Waals surface area contributed by atoms with Crippen LogP contribution in [-0.4, -0.2) is 48.4 Å². The van der Waals surface area contributed by atoms with Crippen molar-refractivity contribution in [3.63, 3.8) is 0 Å². The molecular formula is C23H29FN4O5Si. The number of carbonyl (C=O) groups is 1. The number of hydrogen-bond acceptors (Lipinski definition) is 7. The van der Waals surface area contributed by atoms with Crippen molar-refractivity contribution in [3.8, 4) is 11.6 Å². The molecule has 1 saturated heterocycles. The Balaban J connectivity index is 1.40. The molecule has 2 aromatic heterocycles. The van der Waals surface area contributed by atoms with Crippen molar-refractivity contribution in [2.45, 2.75) is 51.6 Å². The van der Waals surface area contributed by atoms with Gasteiger partial charge in [-0.05, 0) is 41.5 Å². The summed E-state index contributed by atoms with van der Waals surface area (Å²) in [5, 5.41) is 3.74. The molecule has 1 amide bonds. The van der Waals surface area contributed by atoms with Gasteiger partial charge in [-0.1, -0.05) is 20.8 Å². The molecule has 0 saturated carbocycles. The lowest BCUT2D eigenvalue weighted by molar-refractivity contribution is 0.102. The van der Waals surface area contributed by atoms with Crippen LogP contribution in [0.4, 0.5) is 14.9 Å². The van der Waals surface area contributed by atoms with Gasteiger partial charge in [0.15, 0.2) is 14.4 Å². The molecule has 11 heteroatoms. The molecule has 1 aliphatic rings. The van der Waals surface area contributed by atoms with Gasteiger partial charge in [-0.3, -0.25) is 4.90 Å². The third-order valence-corrected chi connectivity index (χ3v) is 10.7. The third-order valence-electron chi connectivity index (χ3n) is 6.25. The first-order chi connectivity index (χ1) is 16.0. The number of halogens is 1. The molecule has 4 rings (SSSR count). The quantitative estimate of drug-likeness (QED) is 0.415. The van der Waals surface area contributed by atoms with Gasteiger partial charge in [0.25, 0.3) is 5.88 Å². The molecule has 1 atom stereocenters. The van der Waals surface area contributed by atoms with Crippen LogP contribution in [0.2, 0.25) is 18.1 Å². The second-order valence-electron chi connectivity index (χ2n) is 9.72. The van der Waals surface area contributed by atoms with Crippen molar-refractivity contribution >= 4 is 20.1 Å².